The maximum absolute atomic E-state index is 12.3. The minimum atomic E-state index is -0.184. The Kier molecular flexibility index (Phi) is 6.30. The van der Waals surface area contributed by atoms with Crippen molar-refractivity contribution in [3.63, 3.8) is 0 Å². The van der Waals surface area contributed by atoms with Crippen LogP contribution in [0.2, 0.25) is 0 Å². The molecule has 1 aliphatic heterocycles. The summed E-state index contributed by atoms with van der Waals surface area (Å²) < 4.78 is 5.10. The third kappa shape index (κ3) is 5.23. The maximum Gasteiger partial charge on any atom is 0.255 e. The fourth-order valence-electron chi connectivity index (χ4n) is 3.05. The van der Waals surface area contributed by atoms with E-state index in [4.69, 9.17) is 4.74 Å². The number of anilines is 2. The molecule has 1 fully saturated rings. The molecule has 1 heterocycles. The molecule has 2 N–H and O–H groups in total. The van der Waals surface area contributed by atoms with Crippen molar-refractivity contribution < 1.29 is 14.3 Å². The number of methoxy groups -OCH3 is 1. The number of amides is 2. The van der Waals surface area contributed by atoms with Crippen molar-refractivity contribution in [1.29, 1.82) is 0 Å². The van der Waals surface area contributed by atoms with Gasteiger partial charge >= 0.3 is 0 Å². The van der Waals surface area contributed by atoms with Crippen LogP contribution in [0, 0.1) is 0 Å². The number of benzene rings is 2. The molecule has 0 unspecified atom stereocenters. The summed E-state index contributed by atoms with van der Waals surface area (Å²) in [6, 6.07) is 14.3. The molecule has 142 valence electrons. The first-order valence-electron chi connectivity index (χ1n) is 9.23. The summed E-state index contributed by atoms with van der Waals surface area (Å²) in [7, 11) is 1.60. The molecule has 1 aliphatic rings. The molecule has 0 aliphatic carbocycles. The van der Waals surface area contributed by atoms with Crippen molar-refractivity contribution in [3.8, 4) is 5.75 Å². The number of nitrogens with zero attached hydrogens (tertiary/aromatic N) is 1. The van der Waals surface area contributed by atoms with Gasteiger partial charge in [0.05, 0.1) is 13.7 Å². The molecule has 6 nitrogen and oxygen atoms in total. The zero-order valence-corrected chi connectivity index (χ0v) is 15.5. The van der Waals surface area contributed by atoms with Gasteiger partial charge in [-0.05, 0) is 67.8 Å². The Bertz CT molecular complexity index is 766. The molecule has 0 spiro atoms. The molecule has 2 amide bonds. The van der Waals surface area contributed by atoms with E-state index in [1.54, 1.807) is 43.5 Å². The fourth-order valence-corrected chi connectivity index (χ4v) is 3.05. The van der Waals surface area contributed by atoms with Gasteiger partial charge in [0.2, 0.25) is 5.91 Å². The van der Waals surface area contributed by atoms with E-state index in [0.717, 1.165) is 37.4 Å². The van der Waals surface area contributed by atoms with Gasteiger partial charge in [0.15, 0.2) is 0 Å². The maximum atomic E-state index is 12.3. The number of carbonyl (C=O) groups excluding carboxylic acids is 2. The lowest BCUT2D eigenvalue weighted by molar-refractivity contribution is -0.130. The molecule has 6 heteroatoms. The van der Waals surface area contributed by atoms with Crippen LogP contribution in [0.5, 0.6) is 5.75 Å². The van der Waals surface area contributed by atoms with Crippen molar-refractivity contribution in [3.05, 3.63) is 54.1 Å². The Hall–Kier alpha value is -3.02. The largest absolute Gasteiger partial charge is 0.497 e. The molecule has 0 bridgehead atoms. The zero-order valence-electron chi connectivity index (χ0n) is 15.5. The van der Waals surface area contributed by atoms with Crippen molar-refractivity contribution in [2.24, 2.45) is 0 Å². The summed E-state index contributed by atoms with van der Waals surface area (Å²) in [4.78, 5) is 26.4. The molecule has 27 heavy (non-hydrogen) atoms. The Morgan fingerprint density at radius 2 is 1.56 bits per heavy atom. The molecule has 0 atom stereocenters. The number of hydrogen-bond donors (Lipinski definition) is 2. The first-order valence-corrected chi connectivity index (χ1v) is 9.23. The van der Waals surface area contributed by atoms with Crippen LogP contribution < -0.4 is 15.4 Å². The van der Waals surface area contributed by atoms with Crippen LogP contribution in [0.15, 0.2) is 48.5 Å². The van der Waals surface area contributed by atoms with Gasteiger partial charge in [0, 0.05) is 30.0 Å². The van der Waals surface area contributed by atoms with E-state index < -0.39 is 0 Å². The first kappa shape index (κ1) is 18.8. The van der Waals surface area contributed by atoms with Gasteiger partial charge in [0.1, 0.15) is 5.75 Å². The summed E-state index contributed by atoms with van der Waals surface area (Å²) in [6.45, 7) is 1.98. The van der Waals surface area contributed by atoms with Crippen molar-refractivity contribution >= 4 is 23.2 Å². The highest BCUT2D eigenvalue weighted by Crippen LogP contribution is 2.17. The molecule has 0 saturated carbocycles. The van der Waals surface area contributed by atoms with Gasteiger partial charge in [-0.3, -0.25) is 9.59 Å². The standard InChI is InChI=1S/C21H25N3O3/c1-27-19-11-9-18(10-12-19)23-21(26)16-5-7-17(8-6-16)22-15-20(25)24-13-3-2-4-14-24/h5-12,22H,2-4,13-15H2,1H3,(H,23,26). The quantitative estimate of drug-likeness (QED) is 0.821. The second-order valence-corrected chi connectivity index (χ2v) is 6.55. The normalized spacial score (nSPS) is 13.7. The van der Waals surface area contributed by atoms with Gasteiger partial charge in [-0.15, -0.1) is 0 Å². The topological polar surface area (TPSA) is 70.7 Å². The van der Waals surface area contributed by atoms with Crippen LogP contribution in [0.3, 0.4) is 0 Å². The number of nitrogens with one attached hydrogen (secondary N) is 2. The Morgan fingerprint density at radius 3 is 2.19 bits per heavy atom. The number of carbonyl (C=O) groups is 2. The smallest absolute Gasteiger partial charge is 0.255 e. The minimum Gasteiger partial charge on any atom is -0.497 e. The van der Waals surface area contributed by atoms with Crippen molar-refractivity contribution in [2.45, 2.75) is 19.3 Å². The highest BCUT2D eigenvalue weighted by Gasteiger charge is 2.15. The number of rotatable bonds is 6. The SMILES string of the molecule is COc1ccc(NC(=O)c2ccc(NCC(=O)N3CCCCC3)cc2)cc1. The Morgan fingerprint density at radius 1 is 0.926 bits per heavy atom. The molecule has 3 rings (SSSR count). The van der Waals surface area contributed by atoms with Gasteiger partial charge in [-0.2, -0.15) is 0 Å². The number of hydrogen-bond acceptors (Lipinski definition) is 4. The number of piperidine rings is 1. The Balaban J connectivity index is 1.51. The molecule has 1 saturated heterocycles. The van der Waals surface area contributed by atoms with E-state index in [2.05, 4.69) is 10.6 Å². The molecule has 2 aromatic carbocycles. The van der Waals surface area contributed by atoms with Crippen molar-refractivity contribution in [2.75, 3.05) is 37.4 Å². The summed E-state index contributed by atoms with van der Waals surface area (Å²) in [5.41, 5.74) is 2.08. The van der Waals surface area contributed by atoms with E-state index in [9.17, 15) is 9.59 Å². The predicted octanol–water partition coefficient (Wildman–Crippen LogP) is 3.37. The van der Waals surface area contributed by atoms with Crippen LogP contribution in [-0.2, 0) is 4.79 Å². The van der Waals surface area contributed by atoms with Gasteiger partial charge in [-0.25, -0.2) is 0 Å². The lowest BCUT2D eigenvalue weighted by Crippen LogP contribution is -2.39. The summed E-state index contributed by atoms with van der Waals surface area (Å²) >= 11 is 0. The lowest BCUT2D eigenvalue weighted by Gasteiger charge is -2.26. The van der Waals surface area contributed by atoms with E-state index in [-0.39, 0.29) is 18.4 Å². The monoisotopic (exact) mass is 367 g/mol. The second-order valence-electron chi connectivity index (χ2n) is 6.55. The molecule has 0 radical (unpaired) electrons. The highest BCUT2D eigenvalue weighted by molar-refractivity contribution is 6.04. The third-order valence-electron chi connectivity index (χ3n) is 4.65. The second kappa shape index (κ2) is 9.07. The van der Waals surface area contributed by atoms with Crippen molar-refractivity contribution in [1.82, 2.24) is 4.90 Å². The first-order chi connectivity index (χ1) is 13.2. The minimum absolute atomic E-state index is 0.121. The molecular weight excluding hydrogens is 342 g/mol. The van der Waals surface area contributed by atoms with Crippen LogP contribution in [0.4, 0.5) is 11.4 Å². The summed E-state index contributed by atoms with van der Waals surface area (Å²) in [6.07, 6.45) is 3.38. The number of ether oxygens (including phenoxy) is 1. The van der Waals surface area contributed by atoms with Crippen LogP contribution in [-0.4, -0.2) is 43.5 Å². The van der Waals surface area contributed by atoms with Crippen LogP contribution in [0.25, 0.3) is 0 Å². The number of likely N-dealkylation sites (tertiary alicyclic amines) is 1. The van der Waals surface area contributed by atoms with Crippen LogP contribution >= 0.6 is 0 Å². The average molecular weight is 367 g/mol. The molecule has 2 aromatic rings. The van der Waals surface area contributed by atoms with E-state index in [0.29, 0.717) is 11.3 Å². The molecule has 0 aromatic heterocycles. The van der Waals surface area contributed by atoms with Gasteiger partial charge in [-0.1, -0.05) is 0 Å². The van der Waals surface area contributed by atoms with E-state index >= 15 is 0 Å². The summed E-state index contributed by atoms with van der Waals surface area (Å²) in [5.74, 6) is 0.676. The van der Waals surface area contributed by atoms with Crippen LogP contribution in [0.1, 0.15) is 29.6 Å². The fraction of sp³-hybridized carbons (Fsp3) is 0.333. The van der Waals surface area contributed by atoms with Gasteiger partial charge < -0.3 is 20.3 Å². The lowest BCUT2D eigenvalue weighted by atomic mass is 10.1. The highest BCUT2D eigenvalue weighted by atomic mass is 16.5. The van der Waals surface area contributed by atoms with E-state index in [1.807, 2.05) is 17.0 Å². The third-order valence-corrected chi connectivity index (χ3v) is 4.65. The zero-order chi connectivity index (χ0) is 19.1. The molecular formula is C21H25N3O3. The summed E-state index contributed by atoms with van der Waals surface area (Å²) in [5, 5.41) is 5.98. The van der Waals surface area contributed by atoms with E-state index in [1.165, 1.54) is 6.42 Å². The van der Waals surface area contributed by atoms with Gasteiger partial charge in [0.25, 0.3) is 5.91 Å². The average Bonchev–Trinajstić information content (AvgIpc) is 2.73. The Labute approximate surface area is 159 Å². The predicted molar refractivity (Wildman–Crippen MR) is 106 cm³/mol.